The van der Waals surface area contributed by atoms with Gasteiger partial charge in [0.05, 0.1) is 31.0 Å². The number of nitrogens with zero attached hydrogens (tertiary/aromatic N) is 2. The second kappa shape index (κ2) is 11.6. The summed E-state index contributed by atoms with van der Waals surface area (Å²) in [5.74, 6) is 0. The molecule has 6 aromatic rings. The molecule has 2 atom stereocenters. The summed E-state index contributed by atoms with van der Waals surface area (Å²) in [5, 5.41) is 11.0. The second-order valence-corrected chi connectivity index (χ2v) is 20.0. The third kappa shape index (κ3) is 4.86. The van der Waals surface area contributed by atoms with E-state index in [1.165, 1.54) is 65.5 Å². The van der Waals surface area contributed by atoms with Gasteiger partial charge in [-0.05, 0) is 91.4 Å². The van der Waals surface area contributed by atoms with E-state index in [-0.39, 0.29) is 0 Å². The highest BCUT2D eigenvalue weighted by Gasteiger charge is 2.46. The fourth-order valence-corrected chi connectivity index (χ4v) is 13.7. The van der Waals surface area contributed by atoms with E-state index in [4.69, 9.17) is 0 Å². The monoisotopic (exact) mass is 625 g/mol. The molecule has 7 rings (SSSR count). The molecule has 1 aliphatic heterocycles. The summed E-state index contributed by atoms with van der Waals surface area (Å²) in [4.78, 5) is 5.04. The van der Waals surface area contributed by atoms with Crippen molar-refractivity contribution in [2.45, 2.75) is 39.0 Å². The molecule has 0 fully saturated rings. The van der Waals surface area contributed by atoms with Crippen LogP contribution < -0.4 is 31.0 Å². The lowest BCUT2D eigenvalue weighted by molar-refractivity contribution is 1.09. The minimum atomic E-state index is -1.93. The third-order valence-corrected chi connectivity index (χ3v) is 17.6. The van der Waals surface area contributed by atoms with Crippen LogP contribution in [0, 0.1) is 0 Å². The maximum atomic E-state index is 2.58. The second-order valence-electron chi connectivity index (χ2n) is 13.1. The molecule has 0 radical (unpaired) electrons. The topological polar surface area (TPSA) is 6.48 Å². The Morgan fingerprint density at radius 3 is 1.60 bits per heavy atom. The first-order valence-electron chi connectivity index (χ1n) is 16.1. The van der Waals surface area contributed by atoms with Crippen LogP contribution >= 0.6 is 15.2 Å². The average Bonchev–Trinajstić information content (AvgIpc) is 3.06. The van der Waals surface area contributed by atoms with Crippen LogP contribution in [-0.2, 0) is 0 Å². The average molecular weight is 626 g/mol. The van der Waals surface area contributed by atoms with E-state index in [2.05, 4.69) is 180 Å². The van der Waals surface area contributed by atoms with Crippen LogP contribution in [0.3, 0.4) is 0 Å². The molecule has 0 aromatic heterocycles. The number of hydrogen-bond acceptors (Lipinski definition) is 2. The van der Waals surface area contributed by atoms with Crippen LogP contribution in [0.1, 0.15) is 27.7 Å². The van der Waals surface area contributed by atoms with Gasteiger partial charge in [0.15, 0.2) is 0 Å². The summed E-state index contributed by atoms with van der Waals surface area (Å²) in [6.07, 6.45) is 0. The van der Waals surface area contributed by atoms with Gasteiger partial charge in [0.25, 0.3) is 0 Å². The molecular formula is C41H43N2P2+. The van der Waals surface area contributed by atoms with E-state index in [1.54, 1.807) is 0 Å². The largest absolute Gasteiger partial charge is 0.341 e. The molecule has 0 spiro atoms. The number of anilines is 4. The quantitative estimate of drug-likeness (QED) is 0.177. The molecule has 2 unspecified atom stereocenters. The Hall–Kier alpha value is -3.70. The first kappa shape index (κ1) is 30.0. The number of hydrogen-bond donors (Lipinski definition) is 0. The van der Waals surface area contributed by atoms with Crippen LogP contribution in [0.5, 0.6) is 0 Å². The minimum Gasteiger partial charge on any atom is -0.341 e. The van der Waals surface area contributed by atoms with Crippen molar-refractivity contribution in [2.75, 3.05) is 30.6 Å². The number of benzene rings is 6. The number of para-hydroxylation sites is 2. The molecule has 4 heteroatoms. The Bertz CT molecular complexity index is 2050. The predicted octanol–water partition coefficient (Wildman–Crippen LogP) is 9.69. The van der Waals surface area contributed by atoms with Gasteiger partial charge in [-0.1, -0.05) is 92.7 Å². The first-order valence-corrected chi connectivity index (χ1v) is 19.8. The predicted molar refractivity (Wildman–Crippen MR) is 205 cm³/mol. The molecule has 0 bridgehead atoms. The van der Waals surface area contributed by atoms with E-state index in [1.807, 2.05) is 0 Å². The lowest BCUT2D eigenvalue weighted by atomic mass is 10.1. The molecule has 6 aromatic carbocycles. The standard InChI is InChI=1S/C41H43N2P2/c1-28(2)44-38-22-14-12-20-34(38)42(5)35-21-13-15-23-40(35)45(7,29(3)4)41-27-33-19-11-9-17-31(33)25-37(41)43(6)36-24-30-16-8-10-18-32(30)26-39(36)44/h8-29H,1-7H3/q+1. The molecule has 0 aliphatic carbocycles. The Morgan fingerprint density at radius 1 is 0.489 bits per heavy atom. The zero-order valence-corrected chi connectivity index (χ0v) is 29.3. The lowest BCUT2D eigenvalue weighted by Crippen LogP contribution is -2.36. The Labute approximate surface area is 270 Å². The highest BCUT2D eigenvalue weighted by atomic mass is 31.2. The van der Waals surface area contributed by atoms with E-state index in [0.29, 0.717) is 11.3 Å². The van der Waals surface area contributed by atoms with Crippen LogP contribution in [-0.4, -0.2) is 32.1 Å². The smallest absolute Gasteiger partial charge is 0.123 e. The number of rotatable bonds is 2. The first-order chi connectivity index (χ1) is 21.7. The van der Waals surface area contributed by atoms with Crippen molar-refractivity contribution in [1.82, 2.24) is 0 Å². The Kier molecular flexibility index (Phi) is 7.72. The van der Waals surface area contributed by atoms with Gasteiger partial charge in [-0.3, -0.25) is 0 Å². The molecular weight excluding hydrogens is 582 g/mol. The van der Waals surface area contributed by atoms with Crippen LogP contribution in [0.4, 0.5) is 22.7 Å². The van der Waals surface area contributed by atoms with Crippen molar-refractivity contribution in [3.8, 4) is 0 Å². The Morgan fingerprint density at radius 2 is 0.978 bits per heavy atom. The normalized spacial score (nSPS) is 18.3. The summed E-state index contributed by atoms with van der Waals surface area (Å²) in [6.45, 7) is 12.3. The van der Waals surface area contributed by atoms with Gasteiger partial charge in [-0.25, -0.2) is 0 Å². The van der Waals surface area contributed by atoms with Crippen molar-refractivity contribution in [3.05, 3.63) is 121 Å². The maximum absolute atomic E-state index is 2.58. The van der Waals surface area contributed by atoms with Gasteiger partial charge < -0.3 is 9.80 Å². The molecule has 45 heavy (non-hydrogen) atoms. The molecule has 2 nitrogen and oxygen atoms in total. The van der Waals surface area contributed by atoms with Crippen molar-refractivity contribution >= 4 is 80.7 Å². The SMILES string of the molecule is CC(C)P1c2ccccc2N(C)c2ccccc2[P+](C)(C(C)C)c2cc3ccccc3cc2N(C)c2cc3ccccc3cc21. The Balaban J connectivity index is 1.68. The molecule has 1 aliphatic rings. The fourth-order valence-electron chi connectivity index (χ4n) is 7.26. The van der Waals surface area contributed by atoms with Crippen molar-refractivity contribution in [3.63, 3.8) is 0 Å². The molecule has 0 saturated heterocycles. The van der Waals surface area contributed by atoms with E-state index < -0.39 is 15.2 Å². The zero-order chi connectivity index (χ0) is 31.5. The van der Waals surface area contributed by atoms with Crippen molar-refractivity contribution < 1.29 is 0 Å². The molecule has 0 amide bonds. The summed E-state index contributed by atoms with van der Waals surface area (Å²) < 4.78 is 0. The van der Waals surface area contributed by atoms with E-state index >= 15 is 0 Å². The van der Waals surface area contributed by atoms with Crippen LogP contribution in [0.2, 0.25) is 0 Å². The summed E-state index contributed by atoms with van der Waals surface area (Å²) >= 11 is 0. The summed E-state index contributed by atoms with van der Waals surface area (Å²) in [5.41, 5.74) is 6.15. The zero-order valence-electron chi connectivity index (χ0n) is 27.5. The summed E-state index contributed by atoms with van der Waals surface area (Å²) in [6, 6.07) is 46.1. The van der Waals surface area contributed by atoms with Gasteiger partial charge >= 0.3 is 0 Å². The van der Waals surface area contributed by atoms with Crippen LogP contribution in [0.25, 0.3) is 21.5 Å². The van der Waals surface area contributed by atoms with Crippen LogP contribution in [0.15, 0.2) is 121 Å². The highest BCUT2D eigenvalue weighted by molar-refractivity contribution is 7.90. The van der Waals surface area contributed by atoms with Gasteiger partial charge in [-0.15, -0.1) is 0 Å². The van der Waals surface area contributed by atoms with Crippen molar-refractivity contribution in [2.24, 2.45) is 0 Å². The molecule has 1 heterocycles. The van der Waals surface area contributed by atoms with Gasteiger partial charge in [-0.2, -0.15) is 0 Å². The fraction of sp³-hybridized carbons (Fsp3) is 0.220. The molecule has 0 saturated carbocycles. The van der Waals surface area contributed by atoms with Gasteiger partial charge in [0.2, 0.25) is 0 Å². The third-order valence-electron chi connectivity index (χ3n) is 9.96. The van der Waals surface area contributed by atoms with Gasteiger partial charge in [0.1, 0.15) is 10.6 Å². The molecule has 0 N–H and O–H groups in total. The number of fused-ring (bicyclic) bond motifs is 6. The summed E-state index contributed by atoms with van der Waals surface area (Å²) in [7, 11) is 1.97. The van der Waals surface area contributed by atoms with Gasteiger partial charge in [0, 0.05) is 36.1 Å². The maximum Gasteiger partial charge on any atom is 0.123 e. The van der Waals surface area contributed by atoms with E-state index in [0.717, 1.165) is 0 Å². The van der Waals surface area contributed by atoms with E-state index in [9.17, 15) is 0 Å². The minimum absolute atomic E-state index is 0.447. The van der Waals surface area contributed by atoms with Crippen molar-refractivity contribution in [1.29, 1.82) is 0 Å². The molecule has 226 valence electrons. The highest BCUT2D eigenvalue weighted by Crippen LogP contribution is 2.61. The lowest BCUT2D eigenvalue weighted by Gasteiger charge is -2.38.